The minimum absolute atomic E-state index is 0.0481. The molecular formula is C26H28N2O2S. The van der Waals surface area contributed by atoms with Crippen LogP contribution in [0.25, 0.3) is 0 Å². The molecule has 3 aromatic rings. The number of nitrogens with one attached hydrogen (secondary N) is 2. The Kier molecular flexibility index (Phi) is 8.73. The van der Waals surface area contributed by atoms with Crippen LogP contribution in [-0.2, 0) is 9.59 Å². The van der Waals surface area contributed by atoms with Gasteiger partial charge in [0.25, 0.3) is 0 Å². The predicted molar refractivity (Wildman–Crippen MR) is 129 cm³/mol. The highest BCUT2D eigenvalue weighted by Gasteiger charge is 2.14. The molecule has 0 radical (unpaired) electrons. The van der Waals surface area contributed by atoms with Gasteiger partial charge in [-0.25, -0.2) is 0 Å². The Morgan fingerprint density at radius 1 is 0.774 bits per heavy atom. The highest BCUT2D eigenvalue weighted by Crippen LogP contribution is 2.27. The van der Waals surface area contributed by atoms with E-state index in [4.69, 9.17) is 0 Å². The summed E-state index contributed by atoms with van der Waals surface area (Å²) in [4.78, 5) is 24.2. The van der Waals surface area contributed by atoms with Gasteiger partial charge in [-0.15, -0.1) is 11.8 Å². The number of hydrogen-bond donors (Lipinski definition) is 2. The van der Waals surface area contributed by atoms with E-state index >= 15 is 0 Å². The number of benzene rings is 3. The number of aryl methyl sites for hydroxylation is 1. The lowest BCUT2D eigenvalue weighted by Crippen LogP contribution is -2.28. The van der Waals surface area contributed by atoms with Crippen LogP contribution < -0.4 is 10.6 Å². The number of thioether (sulfide) groups is 1. The molecule has 0 spiro atoms. The Balaban J connectivity index is 1.41. The molecule has 0 aliphatic carbocycles. The van der Waals surface area contributed by atoms with Crippen LogP contribution in [0.2, 0.25) is 0 Å². The van der Waals surface area contributed by atoms with E-state index in [1.807, 2.05) is 67.6 Å². The molecular weight excluding hydrogens is 404 g/mol. The van der Waals surface area contributed by atoms with E-state index in [0.29, 0.717) is 6.54 Å². The average Bonchev–Trinajstić information content (AvgIpc) is 2.79. The van der Waals surface area contributed by atoms with Crippen molar-refractivity contribution in [1.29, 1.82) is 0 Å². The minimum atomic E-state index is -0.102. The number of amides is 2. The van der Waals surface area contributed by atoms with E-state index < -0.39 is 0 Å². The van der Waals surface area contributed by atoms with Gasteiger partial charge in [0.05, 0.1) is 11.5 Å². The first kappa shape index (κ1) is 22.6. The summed E-state index contributed by atoms with van der Waals surface area (Å²) in [7, 11) is 0. The van der Waals surface area contributed by atoms with Crippen molar-refractivity contribution < 1.29 is 9.59 Å². The second kappa shape index (κ2) is 12.0. The maximum absolute atomic E-state index is 12.2. The van der Waals surface area contributed by atoms with Crippen LogP contribution in [0.1, 0.15) is 29.0 Å². The molecule has 0 atom stereocenters. The van der Waals surface area contributed by atoms with Crippen LogP contribution in [0.15, 0.2) is 84.9 Å². The molecule has 0 saturated heterocycles. The van der Waals surface area contributed by atoms with Gasteiger partial charge in [0.15, 0.2) is 0 Å². The number of carbonyl (C=O) groups is 2. The number of hydrogen-bond acceptors (Lipinski definition) is 3. The first-order chi connectivity index (χ1) is 15.1. The summed E-state index contributed by atoms with van der Waals surface area (Å²) in [6, 6.07) is 28.4. The highest BCUT2D eigenvalue weighted by atomic mass is 32.2. The second-order valence-corrected chi connectivity index (χ2v) is 8.41. The molecule has 0 fully saturated rings. The Morgan fingerprint density at radius 3 is 1.90 bits per heavy atom. The molecule has 4 nitrogen and oxygen atoms in total. The van der Waals surface area contributed by atoms with Gasteiger partial charge in [-0.2, -0.15) is 0 Å². The zero-order valence-electron chi connectivity index (χ0n) is 17.7. The monoisotopic (exact) mass is 432 g/mol. The van der Waals surface area contributed by atoms with Gasteiger partial charge in [0.1, 0.15) is 0 Å². The number of carbonyl (C=O) groups excluding carboxylic acids is 2. The smallest absolute Gasteiger partial charge is 0.234 e. The van der Waals surface area contributed by atoms with Crippen molar-refractivity contribution in [2.45, 2.75) is 19.3 Å². The Morgan fingerprint density at radius 2 is 1.32 bits per heavy atom. The Labute approximate surface area is 188 Å². The van der Waals surface area contributed by atoms with Crippen LogP contribution in [0.5, 0.6) is 0 Å². The van der Waals surface area contributed by atoms with Crippen molar-refractivity contribution in [3.63, 3.8) is 0 Å². The van der Waals surface area contributed by atoms with Crippen LogP contribution in [0.4, 0.5) is 5.69 Å². The lowest BCUT2D eigenvalue weighted by Gasteiger charge is -2.18. The number of rotatable bonds is 10. The first-order valence-corrected chi connectivity index (χ1v) is 11.6. The standard InChI is InChI=1S/C26H28N2O2S/c1-20-12-14-23(15-13-20)28-26(30)19-31-18-25(29)27-17-16-24(21-8-4-2-5-9-21)22-10-6-3-7-11-22/h2-15,24H,16-19H2,1H3,(H,27,29)(H,28,30). The fourth-order valence-corrected chi connectivity index (χ4v) is 4.02. The quantitative estimate of drug-likeness (QED) is 0.474. The molecule has 5 heteroatoms. The second-order valence-electron chi connectivity index (χ2n) is 7.42. The third-order valence-corrected chi connectivity index (χ3v) is 5.89. The summed E-state index contributed by atoms with van der Waals surface area (Å²) < 4.78 is 0. The van der Waals surface area contributed by atoms with Crippen LogP contribution >= 0.6 is 11.8 Å². The van der Waals surface area contributed by atoms with Crippen LogP contribution in [-0.4, -0.2) is 29.9 Å². The summed E-state index contributed by atoms with van der Waals surface area (Å²) in [6.07, 6.45) is 0.818. The molecule has 0 aromatic heterocycles. The summed E-state index contributed by atoms with van der Waals surface area (Å²) in [6.45, 7) is 2.59. The van der Waals surface area contributed by atoms with Crippen molar-refractivity contribution in [2.75, 3.05) is 23.4 Å². The van der Waals surface area contributed by atoms with Gasteiger partial charge < -0.3 is 10.6 Å². The maximum Gasteiger partial charge on any atom is 0.234 e. The molecule has 2 amide bonds. The third-order valence-electron chi connectivity index (χ3n) is 4.96. The summed E-state index contributed by atoms with van der Waals surface area (Å²) in [5, 5.41) is 5.84. The average molecular weight is 433 g/mol. The van der Waals surface area contributed by atoms with Crippen molar-refractivity contribution in [3.8, 4) is 0 Å². The van der Waals surface area contributed by atoms with Gasteiger partial charge in [0.2, 0.25) is 11.8 Å². The summed E-state index contributed by atoms with van der Waals surface area (Å²) >= 11 is 1.32. The van der Waals surface area contributed by atoms with E-state index in [-0.39, 0.29) is 29.2 Å². The Bertz CT molecular complexity index is 920. The van der Waals surface area contributed by atoms with E-state index in [1.54, 1.807) is 0 Å². The van der Waals surface area contributed by atoms with Crippen molar-refractivity contribution in [2.24, 2.45) is 0 Å². The zero-order chi connectivity index (χ0) is 21.9. The minimum Gasteiger partial charge on any atom is -0.355 e. The summed E-state index contributed by atoms with van der Waals surface area (Å²) in [5.74, 6) is 0.596. The molecule has 0 bridgehead atoms. The molecule has 160 valence electrons. The first-order valence-electron chi connectivity index (χ1n) is 10.4. The molecule has 2 N–H and O–H groups in total. The van der Waals surface area contributed by atoms with Crippen molar-refractivity contribution >= 4 is 29.3 Å². The largest absolute Gasteiger partial charge is 0.355 e. The lowest BCUT2D eigenvalue weighted by atomic mass is 9.88. The zero-order valence-corrected chi connectivity index (χ0v) is 18.5. The van der Waals surface area contributed by atoms with Crippen LogP contribution in [0.3, 0.4) is 0 Å². The molecule has 0 saturated carbocycles. The van der Waals surface area contributed by atoms with Gasteiger partial charge in [-0.1, -0.05) is 78.4 Å². The van der Waals surface area contributed by atoms with Crippen molar-refractivity contribution in [3.05, 3.63) is 102 Å². The maximum atomic E-state index is 12.2. The van der Waals surface area contributed by atoms with E-state index in [1.165, 1.54) is 22.9 Å². The molecule has 0 unspecified atom stereocenters. The normalized spacial score (nSPS) is 10.6. The molecule has 0 aliphatic rings. The third kappa shape index (κ3) is 7.61. The van der Waals surface area contributed by atoms with E-state index in [9.17, 15) is 9.59 Å². The van der Waals surface area contributed by atoms with E-state index in [0.717, 1.165) is 17.7 Å². The van der Waals surface area contributed by atoms with Gasteiger partial charge in [-0.3, -0.25) is 9.59 Å². The highest BCUT2D eigenvalue weighted by molar-refractivity contribution is 8.00. The molecule has 31 heavy (non-hydrogen) atoms. The molecule has 0 heterocycles. The number of anilines is 1. The SMILES string of the molecule is Cc1ccc(NC(=O)CSCC(=O)NCCC(c2ccccc2)c2ccccc2)cc1. The summed E-state index contributed by atoms with van der Waals surface area (Å²) in [5.41, 5.74) is 4.40. The fraction of sp³-hybridized carbons (Fsp3) is 0.231. The molecule has 0 aliphatic heterocycles. The topological polar surface area (TPSA) is 58.2 Å². The van der Waals surface area contributed by atoms with Crippen molar-refractivity contribution in [1.82, 2.24) is 5.32 Å². The molecule has 3 aromatic carbocycles. The van der Waals surface area contributed by atoms with Gasteiger partial charge >= 0.3 is 0 Å². The lowest BCUT2D eigenvalue weighted by molar-refractivity contribution is -0.118. The predicted octanol–water partition coefficient (Wildman–Crippen LogP) is 5.01. The fourth-order valence-electron chi connectivity index (χ4n) is 3.37. The van der Waals surface area contributed by atoms with Crippen LogP contribution in [0, 0.1) is 6.92 Å². The van der Waals surface area contributed by atoms with E-state index in [2.05, 4.69) is 34.9 Å². The van der Waals surface area contributed by atoms with Gasteiger partial charge in [-0.05, 0) is 36.6 Å². The molecule has 3 rings (SSSR count). The Hall–Kier alpha value is -3.05. The van der Waals surface area contributed by atoms with Gasteiger partial charge in [0, 0.05) is 18.2 Å².